The molecule has 30 heavy (non-hydrogen) atoms. The van der Waals surface area contributed by atoms with Gasteiger partial charge in [0.05, 0.1) is 17.7 Å². The molecule has 0 bridgehead atoms. The highest BCUT2D eigenvalue weighted by Crippen LogP contribution is 2.46. The van der Waals surface area contributed by atoms with Crippen LogP contribution in [-0.2, 0) is 0 Å². The molecule has 1 aromatic heterocycles. The maximum atomic E-state index is 14.1. The van der Waals surface area contributed by atoms with Gasteiger partial charge in [-0.2, -0.15) is 0 Å². The summed E-state index contributed by atoms with van der Waals surface area (Å²) >= 11 is 3.19. The van der Waals surface area contributed by atoms with Gasteiger partial charge in [0.1, 0.15) is 22.8 Å². The van der Waals surface area contributed by atoms with Gasteiger partial charge in [-0.05, 0) is 62.9 Å². The van der Waals surface area contributed by atoms with E-state index in [2.05, 4.69) is 21.2 Å². The molecular weight excluding hydrogens is 453 g/mol. The van der Waals surface area contributed by atoms with Crippen molar-refractivity contribution in [1.82, 2.24) is 0 Å². The minimum Gasteiger partial charge on any atom is -0.486 e. The second kappa shape index (κ2) is 6.94. The number of rotatable bonds is 2. The lowest BCUT2D eigenvalue weighted by Crippen LogP contribution is -2.39. The Morgan fingerprint density at radius 1 is 1.20 bits per heavy atom. The Hall–Kier alpha value is -2.67. The van der Waals surface area contributed by atoms with Crippen LogP contribution in [0.5, 0.6) is 5.75 Å². The van der Waals surface area contributed by atoms with E-state index in [0.717, 1.165) is 25.7 Å². The highest BCUT2D eigenvalue weighted by molar-refractivity contribution is 9.10. The number of halogens is 2. The Balaban J connectivity index is 1.54. The SMILES string of the molecule is Cc1c(C(=O)Nc2ccc(Br)cc2F)oc2ccc3c(c12)C(=O)CC1(CCCC1)O3. The number of hydrogen-bond donors (Lipinski definition) is 1. The van der Waals surface area contributed by atoms with E-state index in [1.807, 2.05) is 0 Å². The fourth-order valence-electron chi connectivity index (χ4n) is 4.62. The summed E-state index contributed by atoms with van der Waals surface area (Å²) in [5.74, 6) is -0.520. The lowest BCUT2D eigenvalue weighted by Gasteiger charge is -2.34. The lowest BCUT2D eigenvalue weighted by molar-refractivity contribution is 0.0454. The predicted octanol–water partition coefficient (Wildman–Crippen LogP) is 6.17. The number of carbonyl (C=O) groups excluding carboxylic acids is 2. The Bertz CT molecular complexity index is 1210. The van der Waals surface area contributed by atoms with E-state index in [9.17, 15) is 14.0 Å². The molecule has 0 radical (unpaired) electrons. The zero-order valence-corrected chi connectivity index (χ0v) is 17.9. The van der Waals surface area contributed by atoms with Crippen molar-refractivity contribution in [2.75, 3.05) is 5.32 Å². The fraction of sp³-hybridized carbons (Fsp3) is 0.304. The highest BCUT2D eigenvalue weighted by Gasteiger charge is 2.43. The van der Waals surface area contributed by atoms with E-state index in [4.69, 9.17) is 9.15 Å². The van der Waals surface area contributed by atoms with Gasteiger partial charge in [0.25, 0.3) is 5.91 Å². The molecule has 2 heterocycles. The number of aryl methyl sites for hydroxylation is 1. The first-order valence-electron chi connectivity index (χ1n) is 9.92. The van der Waals surface area contributed by atoms with Crippen LogP contribution in [0.2, 0.25) is 0 Å². The molecule has 1 fully saturated rings. The summed E-state index contributed by atoms with van der Waals surface area (Å²) < 4.78 is 26.8. The maximum Gasteiger partial charge on any atom is 0.291 e. The number of nitrogens with one attached hydrogen (secondary N) is 1. The van der Waals surface area contributed by atoms with Crippen LogP contribution in [-0.4, -0.2) is 17.3 Å². The lowest BCUT2D eigenvalue weighted by atomic mass is 9.87. The normalized spacial score (nSPS) is 17.2. The molecule has 1 aliphatic carbocycles. The number of fused-ring (bicyclic) bond motifs is 3. The molecule has 1 aliphatic heterocycles. The standard InChI is InChI=1S/C23H19BrFNO4/c1-12-19-17(29-21(12)22(28)26-15-5-4-13(24)10-14(15)25)6-7-18-20(19)16(27)11-23(30-18)8-2-3-9-23/h4-7,10H,2-3,8-9,11H2,1H3,(H,26,28). The molecule has 1 N–H and O–H groups in total. The Morgan fingerprint density at radius 3 is 2.70 bits per heavy atom. The van der Waals surface area contributed by atoms with Gasteiger partial charge in [0.15, 0.2) is 11.5 Å². The molecule has 2 aromatic carbocycles. The van der Waals surface area contributed by atoms with Crippen LogP contribution in [0.3, 0.4) is 0 Å². The van der Waals surface area contributed by atoms with Crippen molar-refractivity contribution in [3.05, 3.63) is 57.5 Å². The fourth-order valence-corrected chi connectivity index (χ4v) is 4.95. The summed E-state index contributed by atoms with van der Waals surface area (Å²) in [4.78, 5) is 25.9. The van der Waals surface area contributed by atoms with Crippen molar-refractivity contribution in [3.63, 3.8) is 0 Å². The molecule has 3 aromatic rings. The molecule has 2 aliphatic rings. The summed E-state index contributed by atoms with van der Waals surface area (Å²) in [5.41, 5.74) is 1.10. The number of hydrogen-bond acceptors (Lipinski definition) is 4. The summed E-state index contributed by atoms with van der Waals surface area (Å²) in [5, 5.41) is 3.13. The third kappa shape index (κ3) is 3.03. The van der Waals surface area contributed by atoms with E-state index < -0.39 is 17.3 Å². The van der Waals surface area contributed by atoms with Crippen molar-refractivity contribution in [1.29, 1.82) is 0 Å². The molecule has 5 nitrogen and oxygen atoms in total. The monoisotopic (exact) mass is 471 g/mol. The van der Waals surface area contributed by atoms with Crippen molar-refractivity contribution < 1.29 is 23.1 Å². The molecular formula is C23H19BrFNO4. The van der Waals surface area contributed by atoms with Crippen LogP contribution in [0.25, 0.3) is 11.0 Å². The van der Waals surface area contributed by atoms with Crippen LogP contribution in [0.1, 0.15) is 58.6 Å². The number of Topliss-reactive ketones (excluding diaryl/α,β-unsaturated/α-hetero) is 1. The van der Waals surface area contributed by atoms with Crippen LogP contribution >= 0.6 is 15.9 Å². The molecule has 1 saturated carbocycles. The van der Waals surface area contributed by atoms with Gasteiger partial charge in [-0.1, -0.05) is 15.9 Å². The van der Waals surface area contributed by atoms with Gasteiger partial charge in [0, 0.05) is 15.4 Å². The maximum absolute atomic E-state index is 14.1. The van der Waals surface area contributed by atoms with Gasteiger partial charge >= 0.3 is 0 Å². The zero-order valence-electron chi connectivity index (χ0n) is 16.3. The van der Waals surface area contributed by atoms with Gasteiger partial charge in [-0.15, -0.1) is 0 Å². The van der Waals surface area contributed by atoms with Crippen molar-refractivity contribution in [2.45, 2.75) is 44.6 Å². The summed E-state index contributed by atoms with van der Waals surface area (Å²) in [7, 11) is 0. The number of amides is 1. The molecule has 0 unspecified atom stereocenters. The molecule has 1 amide bonds. The Kier molecular flexibility index (Phi) is 4.47. The number of furan rings is 1. The second-order valence-corrected chi connectivity index (χ2v) is 8.95. The third-order valence-electron chi connectivity index (χ3n) is 6.04. The van der Waals surface area contributed by atoms with Crippen LogP contribution in [0, 0.1) is 12.7 Å². The average Bonchev–Trinajstić information content (AvgIpc) is 3.28. The summed E-state index contributed by atoms with van der Waals surface area (Å²) in [6.45, 7) is 1.73. The third-order valence-corrected chi connectivity index (χ3v) is 6.54. The van der Waals surface area contributed by atoms with Crippen LogP contribution < -0.4 is 10.1 Å². The minimum atomic E-state index is -0.574. The smallest absolute Gasteiger partial charge is 0.291 e. The zero-order chi connectivity index (χ0) is 21.0. The molecule has 0 saturated heterocycles. The Morgan fingerprint density at radius 2 is 1.97 bits per heavy atom. The summed E-state index contributed by atoms with van der Waals surface area (Å²) in [6, 6.07) is 7.84. The highest BCUT2D eigenvalue weighted by atomic mass is 79.9. The van der Waals surface area contributed by atoms with Crippen LogP contribution in [0.15, 0.2) is 39.2 Å². The van der Waals surface area contributed by atoms with Gasteiger partial charge < -0.3 is 14.5 Å². The van der Waals surface area contributed by atoms with Crippen molar-refractivity contribution in [2.24, 2.45) is 0 Å². The van der Waals surface area contributed by atoms with E-state index in [1.165, 1.54) is 12.1 Å². The molecule has 0 atom stereocenters. The quantitative estimate of drug-likeness (QED) is 0.484. The number of ether oxygens (including phenoxy) is 1. The Labute approximate surface area is 180 Å². The van der Waals surface area contributed by atoms with Crippen molar-refractivity contribution >= 4 is 44.3 Å². The first-order chi connectivity index (χ1) is 14.4. The van der Waals surface area contributed by atoms with E-state index in [-0.39, 0.29) is 17.2 Å². The molecule has 154 valence electrons. The number of ketones is 1. The molecule has 5 rings (SSSR count). The second-order valence-electron chi connectivity index (χ2n) is 8.04. The number of anilines is 1. The van der Waals surface area contributed by atoms with Crippen molar-refractivity contribution in [3.8, 4) is 5.75 Å². The van der Waals surface area contributed by atoms with E-state index in [0.29, 0.717) is 38.7 Å². The average molecular weight is 472 g/mol. The first-order valence-corrected chi connectivity index (χ1v) is 10.7. The van der Waals surface area contributed by atoms with Crippen LogP contribution in [0.4, 0.5) is 10.1 Å². The van der Waals surface area contributed by atoms with E-state index in [1.54, 1.807) is 25.1 Å². The van der Waals surface area contributed by atoms with Gasteiger partial charge in [0.2, 0.25) is 0 Å². The topological polar surface area (TPSA) is 68.5 Å². The summed E-state index contributed by atoms with van der Waals surface area (Å²) in [6.07, 6.45) is 4.23. The molecule has 1 spiro atoms. The predicted molar refractivity (Wildman–Crippen MR) is 114 cm³/mol. The molecule has 7 heteroatoms. The first kappa shape index (κ1) is 19.3. The van der Waals surface area contributed by atoms with Gasteiger partial charge in [-0.3, -0.25) is 9.59 Å². The number of carbonyl (C=O) groups is 2. The van der Waals surface area contributed by atoms with Gasteiger partial charge in [-0.25, -0.2) is 4.39 Å². The van der Waals surface area contributed by atoms with E-state index >= 15 is 0 Å². The minimum absolute atomic E-state index is 0.0126. The largest absolute Gasteiger partial charge is 0.486 e. The number of benzene rings is 2.